The quantitative estimate of drug-likeness (QED) is 0.946. The second-order valence-electron chi connectivity index (χ2n) is 6.65. The Labute approximate surface area is 135 Å². The number of likely N-dealkylation sites (tertiary alicyclic amines) is 1. The highest BCUT2D eigenvalue weighted by Crippen LogP contribution is 2.36. The van der Waals surface area contributed by atoms with Crippen LogP contribution in [-0.4, -0.2) is 36.1 Å². The zero-order valence-corrected chi connectivity index (χ0v) is 13.8. The summed E-state index contributed by atoms with van der Waals surface area (Å²) in [5, 5.41) is 1.20. The molecule has 0 radical (unpaired) electrons. The fraction of sp³-hybridized carbons (Fsp3) is 0.588. The van der Waals surface area contributed by atoms with Gasteiger partial charge in [0, 0.05) is 19.1 Å². The Morgan fingerprint density at radius 2 is 2.27 bits per heavy atom. The number of thiazole rings is 1. The van der Waals surface area contributed by atoms with Gasteiger partial charge in [0.05, 0.1) is 23.9 Å². The number of benzene rings is 1. The minimum atomic E-state index is 0.406. The molecule has 4 nitrogen and oxygen atoms in total. The summed E-state index contributed by atoms with van der Waals surface area (Å²) in [5.41, 5.74) is 7.39. The number of ether oxygens (including phenoxy) is 1. The summed E-state index contributed by atoms with van der Waals surface area (Å²) in [7, 11) is 1.71. The number of methoxy groups -OCH3 is 1. The molecule has 0 bridgehead atoms. The van der Waals surface area contributed by atoms with Crippen molar-refractivity contribution in [1.82, 2.24) is 9.88 Å². The smallest absolute Gasteiger partial charge is 0.120 e. The average Bonchev–Trinajstić information content (AvgIpc) is 3.10. The van der Waals surface area contributed by atoms with Crippen LogP contribution in [0.5, 0.6) is 5.75 Å². The Hall–Kier alpha value is -1.17. The zero-order valence-electron chi connectivity index (χ0n) is 13.0. The monoisotopic (exact) mass is 317 g/mol. The third-order valence-corrected chi connectivity index (χ3v) is 6.23. The normalized spacial score (nSPS) is 28.9. The molecule has 5 heteroatoms. The maximum absolute atomic E-state index is 6.32. The molecule has 2 aliphatic rings. The van der Waals surface area contributed by atoms with E-state index in [2.05, 4.69) is 11.0 Å². The molecule has 0 spiro atoms. The predicted molar refractivity (Wildman–Crippen MR) is 90.3 cm³/mol. The van der Waals surface area contributed by atoms with Crippen molar-refractivity contribution in [2.45, 2.75) is 31.8 Å². The van der Waals surface area contributed by atoms with Crippen LogP contribution in [0.4, 0.5) is 0 Å². The van der Waals surface area contributed by atoms with E-state index in [4.69, 9.17) is 15.5 Å². The number of hydrogen-bond acceptors (Lipinski definition) is 5. The van der Waals surface area contributed by atoms with Crippen molar-refractivity contribution in [1.29, 1.82) is 0 Å². The van der Waals surface area contributed by atoms with Gasteiger partial charge in [0.2, 0.25) is 0 Å². The van der Waals surface area contributed by atoms with E-state index in [1.54, 1.807) is 18.4 Å². The van der Waals surface area contributed by atoms with E-state index in [1.807, 2.05) is 12.1 Å². The average molecular weight is 317 g/mol. The van der Waals surface area contributed by atoms with Crippen molar-refractivity contribution in [2.24, 2.45) is 17.6 Å². The third-order valence-electron chi connectivity index (χ3n) is 5.23. The molecular formula is C17H23N3OS. The van der Waals surface area contributed by atoms with Crippen molar-refractivity contribution in [3.05, 3.63) is 23.2 Å². The summed E-state index contributed by atoms with van der Waals surface area (Å²) in [5.74, 6) is 2.40. The van der Waals surface area contributed by atoms with Crippen LogP contribution in [0.25, 0.3) is 10.2 Å². The Kier molecular flexibility index (Phi) is 3.80. The lowest BCUT2D eigenvalue weighted by Gasteiger charge is -2.29. The van der Waals surface area contributed by atoms with Crippen LogP contribution in [0.3, 0.4) is 0 Å². The summed E-state index contributed by atoms with van der Waals surface area (Å²) >= 11 is 1.78. The molecule has 3 unspecified atom stereocenters. The first-order valence-electron chi connectivity index (χ1n) is 8.14. The molecule has 3 atom stereocenters. The molecule has 2 aromatic rings. The number of rotatable bonds is 3. The summed E-state index contributed by atoms with van der Waals surface area (Å²) in [6, 6.07) is 6.52. The van der Waals surface area contributed by atoms with Crippen LogP contribution >= 0.6 is 11.3 Å². The van der Waals surface area contributed by atoms with E-state index in [1.165, 1.54) is 35.5 Å². The van der Waals surface area contributed by atoms with E-state index >= 15 is 0 Å². The van der Waals surface area contributed by atoms with Gasteiger partial charge in [-0.05, 0) is 42.9 Å². The van der Waals surface area contributed by atoms with Crippen LogP contribution < -0.4 is 10.5 Å². The van der Waals surface area contributed by atoms with Crippen LogP contribution in [0.1, 0.15) is 24.3 Å². The van der Waals surface area contributed by atoms with Gasteiger partial charge in [0.15, 0.2) is 0 Å². The van der Waals surface area contributed by atoms with Crippen LogP contribution in [0, 0.1) is 11.8 Å². The minimum absolute atomic E-state index is 0.406. The summed E-state index contributed by atoms with van der Waals surface area (Å²) < 4.78 is 6.51. The lowest BCUT2D eigenvalue weighted by Crippen LogP contribution is -2.38. The van der Waals surface area contributed by atoms with Crippen LogP contribution in [-0.2, 0) is 6.54 Å². The number of hydrogen-bond donors (Lipinski definition) is 1. The zero-order chi connectivity index (χ0) is 15.1. The lowest BCUT2D eigenvalue weighted by atomic mass is 9.78. The number of aromatic nitrogens is 1. The standard InChI is InChI=1S/C17H23N3OS/c1-21-12-5-6-15-16(7-12)22-17(19-15)10-20-8-11-3-2-4-14(18)13(11)9-20/h5-7,11,13-14H,2-4,8-10,18H2,1H3. The van der Waals surface area contributed by atoms with Crippen molar-refractivity contribution >= 4 is 21.6 Å². The van der Waals surface area contributed by atoms with Gasteiger partial charge in [0.1, 0.15) is 10.8 Å². The summed E-state index contributed by atoms with van der Waals surface area (Å²) in [4.78, 5) is 7.33. The fourth-order valence-electron chi connectivity index (χ4n) is 4.08. The van der Waals surface area contributed by atoms with Gasteiger partial charge in [-0.2, -0.15) is 0 Å². The first-order chi connectivity index (χ1) is 10.7. The van der Waals surface area contributed by atoms with Gasteiger partial charge in [-0.25, -0.2) is 4.98 Å². The van der Waals surface area contributed by atoms with E-state index in [-0.39, 0.29) is 0 Å². The van der Waals surface area contributed by atoms with E-state index < -0.39 is 0 Å². The van der Waals surface area contributed by atoms with Gasteiger partial charge in [0.25, 0.3) is 0 Å². The molecule has 2 N–H and O–H groups in total. The SMILES string of the molecule is COc1ccc2nc(CN3CC4CCCC(N)C4C3)sc2c1. The molecule has 1 aliphatic carbocycles. The minimum Gasteiger partial charge on any atom is -0.497 e. The molecule has 2 heterocycles. The van der Waals surface area contributed by atoms with Crippen LogP contribution in [0.15, 0.2) is 18.2 Å². The Morgan fingerprint density at radius 3 is 3.09 bits per heavy atom. The molecule has 118 valence electrons. The first kappa shape index (κ1) is 14.4. The van der Waals surface area contributed by atoms with Gasteiger partial charge in [-0.1, -0.05) is 6.42 Å². The van der Waals surface area contributed by atoms with Crippen molar-refractivity contribution in [3.8, 4) is 5.75 Å². The molecular weight excluding hydrogens is 294 g/mol. The summed E-state index contributed by atoms with van der Waals surface area (Å²) in [6.07, 6.45) is 3.86. The van der Waals surface area contributed by atoms with Gasteiger partial charge in [-0.15, -0.1) is 11.3 Å². The molecule has 1 saturated carbocycles. The van der Waals surface area contributed by atoms with E-state index in [9.17, 15) is 0 Å². The topological polar surface area (TPSA) is 51.4 Å². The molecule has 4 rings (SSSR count). The highest BCUT2D eigenvalue weighted by Gasteiger charge is 2.38. The Balaban J connectivity index is 1.49. The first-order valence-corrected chi connectivity index (χ1v) is 8.96. The Morgan fingerprint density at radius 1 is 1.36 bits per heavy atom. The molecule has 2 fully saturated rings. The molecule has 0 amide bonds. The van der Waals surface area contributed by atoms with Crippen LogP contribution in [0.2, 0.25) is 0 Å². The largest absolute Gasteiger partial charge is 0.497 e. The van der Waals surface area contributed by atoms with Crippen molar-refractivity contribution in [2.75, 3.05) is 20.2 Å². The second-order valence-corrected chi connectivity index (χ2v) is 7.77. The fourth-order valence-corrected chi connectivity index (χ4v) is 5.11. The molecule has 1 aromatic carbocycles. The molecule has 1 aliphatic heterocycles. The van der Waals surface area contributed by atoms with Gasteiger partial charge in [-0.3, -0.25) is 4.90 Å². The number of fused-ring (bicyclic) bond motifs is 2. The van der Waals surface area contributed by atoms with Gasteiger partial charge < -0.3 is 10.5 Å². The Bertz CT molecular complexity index is 671. The molecule has 1 aromatic heterocycles. The lowest BCUT2D eigenvalue weighted by molar-refractivity contribution is 0.259. The highest BCUT2D eigenvalue weighted by molar-refractivity contribution is 7.18. The van der Waals surface area contributed by atoms with Gasteiger partial charge >= 0.3 is 0 Å². The summed E-state index contributed by atoms with van der Waals surface area (Å²) in [6.45, 7) is 3.30. The van der Waals surface area contributed by atoms with E-state index in [0.29, 0.717) is 12.0 Å². The van der Waals surface area contributed by atoms with Crippen molar-refractivity contribution < 1.29 is 4.74 Å². The molecule has 22 heavy (non-hydrogen) atoms. The third kappa shape index (κ3) is 2.62. The van der Waals surface area contributed by atoms with Crippen molar-refractivity contribution in [3.63, 3.8) is 0 Å². The predicted octanol–water partition coefficient (Wildman–Crippen LogP) is 2.86. The van der Waals surface area contributed by atoms with E-state index in [0.717, 1.165) is 30.3 Å². The molecule has 1 saturated heterocycles. The second kappa shape index (κ2) is 5.80. The number of nitrogens with zero attached hydrogens (tertiary/aromatic N) is 2. The maximum Gasteiger partial charge on any atom is 0.120 e. The highest BCUT2D eigenvalue weighted by atomic mass is 32.1. The maximum atomic E-state index is 6.32. The number of nitrogens with two attached hydrogens (primary N) is 1.